The van der Waals surface area contributed by atoms with Crippen LogP contribution < -0.4 is 0 Å². The monoisotopic (exact) mass is 238 g/mol. The van der Waals surface area contributed by atoms with Gasteiger partial charge in [0.1, 0.15) is 6.10 Å². The van der Waals surface area contributed by atoms with Crippen molar-refractivity contribution in [3.63, 3.8) is 0 Å². The van der Waals surface area contributed by atoms with Gasteiger partial charge in [0.05, 0.1) is 6.61 Å². The zero-order valence-electron chi connectivity index (χ0n) is 8.96. The Labute approximate surface area is 91.5 Å². The van der Waals surface area contributed by atoms with Crippen molar-refractivity contribution in [1.29, 1.82) is 0 Å². The number of fused-ring (bicyclic) bond motifs is 1. The predicted molar refractivity (Wildman–Crippen MR) is 47.8 cm³/mol. The second-order valence-corrected chi connectivity index (χ2v) is 4.46. The second-order valence-electron chi connectivity index (χ2n) is 4.46. The summed E-state index contributed by atoms with van der Waals surface area (Å²) in [7, 11) is 0. The molecule has 2 saturated heterocycles. The van der Waals surface area contributed by atoms with Gasteiger partial charge in [-0.1, -0.05) is 0 Å². The Morgan fingerprint density at radius 2 is 2.00 bits per heavy atom. The Morgan fingerprint density at radius 1 is 1.38 bits per heavy atom. The molecule has 16 heavy (non-hydrogen) atoms. The first-order valence-electron chi connectivity index (χ1n) is 4.99. The smallest absolute Gasteiger partial charge is 0.267 e. The molecule has 2 rings (SSSR count). The first-order valence-corrected chi connectivity index (χ1v) is 4.99. The Hall–Kier alpha value is -0.310. The van der Waals surface area contributed by atoms with E-state index in [-0.39, 0.29) is 0 Å². The van der Waals surface area contributed by atoms with E-state index in [1.807, 2.05) is 0 Å². The quantitative estimate of drug-likeness (QED) is 0.564. The predicted octanol–water partition coefficient (Wildman–Crippen LogP) is -1.13. The van der Waals surface area contributed by atoms with Crippen molar-refractivity contribution in [1.82, 2.24) is 0 Å². The molecule has 7 heteroatoms. The van der Waals surface area contributed by atoms with Gasteiger partial charge in [-0.3, -0.25) is 0 Å². The zero-order chi connectivity index (χ0) is 12.1. The summed E-state index contributed by atoms with van der Waals surface area (Å²) in [6, 6.07) is 0. The maximum atomic E-state index is 14.0. The van der Waals surface area contributed by atoms with E-state index >= 15 is 0 Å². The molecular weight excluding hydrogens is 223 g/mol. The minimum atomic E-state index is -2.89. The standard InChI is InChI=1S/C9H15FO6/c1-8(2)15-6-7(16-8)14-5(4(12)3-11)9(6,10)13/h4-7,11-13H,3H2,1-2H3/t4-,5-,6+,7-,9+/m1/s1. The average Bonchev–Trinajstić information content (AvgIpc) is 2.59. The zero-order valence-corrected chi connectivity index (χ0v) is 8.96. The fourth-order valence-electron chi connectivity index (χ4n) is 1.96. The molecule has 0 aliphatic carbocycles. The minimum Gasteiger partial charge on any atom is -0.394 e. The highest BCUT2D eigenvalue weighted by molar-refractivity contribution is 5.01. The number of aliphatic hydroxyl groups excluding tert-OH is 2. The fourth-order valence-corrected chi connectivity index (χ4v) is 1.96. The van der Waals surface area contributed by atoms with E-state index in [2.05, 4.69) is 0 Å². The van der Waals surface area contributed by atoms with Crippen LogP contribution in [0.5, 0.6) is 0 Å². The van der Waals surface area contributed by atoms with Gasteiger partial charge < -0.3 is 29.5 Å². The maximum absolute atomic E-state index is 14.0. The Balaban J connectivity index is 2.17. The lowest BCUT2D eigenvalue weighted by atomic mass is 10.0. The molecule has 2 aliphatic heterocycles. The van der Waals surface area contributed by atoms with Crippen LogP contribution in [0.2, 0.25) is 0 Å². The lowest BCUT2D eigenvalue weighted by Crippen LogP contribution is -2.50. The van der Waals surface area contributed by atoms with Crippen molar-refractivity contribution in [2.45, 2.75) is 50.1 Å². The maximum Gasteiger partial charge on any atom is 0.267 e. The van der Waals surface area contributed by atoms with Crippen LogP contribution in [-0.4, -0.2) is 58.2 Å². The lowest BCUT2D eigenvalue weighted by Gasteiger charge is -2.28. The highest BCUT2D eigenvalue weighted by Gasteiger charge is 2.65. The van der Waals surface area contributed by atoms with Crippen LogP contribution in [0.3, 0.4) is 0 Å². The molecule has 0 radical (unpaired) electrons. The molecular formula is C9H15FO6. The molecule has 6 nitrogen and oxygen atoms in total. The number of rotatable bonds is 2. The molecule has 0 aromatic rings. The van der Waals surface area contributed by atoms with Crippen molar-refractivity contribution in [2.24, 2.45) is 0 Å². The molecule has 0 aromatic carbocycles. The van der Waals surface area contributed by atoms with E-state index in [1.165, 1.54) is 0 Å². The van der Waals surface area contributed by atoms with Crippen molar-refractivity contribution < 1.29 is 33.9 Å². The molecule has 94 valence electrons. The number of halogens is 1. The molecule has 5 atom stereocenters. The van der Waals surface area contributed by atoms with Crippen LogP contribution in [-0.2, 0) is 14.2 Å². The van der Waals surface area contributed by atoms with Crippen LogP contribution in [0, 0.1) is 0 Å². The van der Waals surface area contributed by atoms with Gasteiger partial charge in [-0.25, -0.2) is 4.39 Å². The number of hydrogen-bond acceptors (Lipinski definition) is 6. The third-order valence-corrected chi connectivity index (χ3v) is 2.67. The van der Waals surface area contributed by atoms with E-state index in [1.54, 1.807) is 13.8 Å². The molecule has 2 aliphatic rings. The van der Waals surface area contributed by atoms with Gasteiger partial charge in [-0.15, -0.1) is 0 Å². The molecule has 2 heterocycles. The molecule has 0 spiro atoms. The lowest BCUT2D eigenvalue weighted by molar-refractivity contribution is -0.270. The van der Waals surface area contributed by atoms with Crippen molar-refractivity contribution >= 4 is 0 Å². The fraction of sp³-hybridized carbons (Fsp3) is 1.00. The first kappa shape index (κ1) is 12.2. The summed E-state index contributed by atoms with van der Waals surface area (Å²) >= 11 is 0. The Kier molecular flexibility index (Phi) is 2.73. The molecule has 0 aromatic heterocycles. The molecule has 0 amide bonds. The van der Waals surface area contributed by atoms with E-state index in [4.69, 9.17) is 19.3 Å². The van der Waals surface area contributed by atoms with Gasteiger partial charge in [0.25, 0.3) is 5.85 Å². The van der Waals surface area contributed by atoms with E-state index in [9.17, 15) is 14.6 Å². The van der Waals surface area contributed by atoms with Gasteiger partial charge >= 0.3 is 0 Å². The van der Waals surface area contributed by atoms with E-state index in [0.717, 1.165) is 0 Å². The third-order valence-electron chi connectivity index (χ3n) is 2.67. The first-order chi connectivity index (χ1) is 7.28. The summed E-state index contributed by atoms with van der Waals surface area (Å²) in [6.07, 6.45) is -5.52. The van der Waals surface area contributed by atoms with Gasteiger partial charge in [-0.2, -0.15) is 0 Å². The normalized spacial score (nSPS) is 48.0. The summed E-state index contributed by atoms with van der Waals surface area (Å²) in [5.74, 6) is -3.94. The topological polar surface area (TPSA) is 88.4 Å². The van der Waals surface area contributed by atoms with Crippen LogP contribution in [0.1, 0.15) is 13.8 Å². The van der Waals surface area contributed by atoms with Crippen molar-refractivity contribution in [3.8, 4) is 0 Å². The van der Waals surface area contributed by atoms with Gasteiger partial charge in [-0.05, 0) is 13.8 Å². The highest BCUT2D eigenvalue weighted by atomic mass is 19.2. The number of alkyl halides is 1. The van der Waals surface area contributed by atoms with Crippen LogP contribution >= 0.6 is 0 Å². The summed E-state index contributed by atoms with van der Waals surface area (Å²) in [6.45, 7) is 2.39. The number of hydrogen-bond donors (Lipinski definition) is 3. The Morgan fingerprint density at radius 3 is 2.50 bits per heavy atom. The highest BCUT2D eigenvalue weighted by Crippen LogP contribution is 2.44. The number of aliphatic hydroxyl groups is 3. The summed E-state index contributed by atoms with van der Waals surface area (Å²) < 4.78 is 29.3. The SMILES string of the molecule is CC1(C)O[C@H]2O[C@H]([C@H](O)CO)[C@@](O)(F)[C@H]2O1. The molecule has 3 N–H and O–H groups in total. The second kappa shape index (κ2) is 3.59. The molecule has 0 unspecified atom stereocenters. The summed E-state index contributed by atoms with van der Waals surface area (Å²) in [4.78, 5) is 0. The van der Waals surface area contributed by atoms with E-state index < -0.39 is 42.9 Å². The average molecular weight is 238 g/mol. The van der Waals surface area contributed by atoms with Crippen LogP contribution in [0.15, 0.2) is 0 Å². The molecule has 0 saturated carbocycles. The van der Waals surface area contributed by atoms with E-state index in [0.29, 0.717) is 0 Å². The van der Waals surface area contributed by atoms with Gasteiger partial charge in [0.15, 0.2) is 24.3 Å². The van der Waals surface area contributed by atoms with Crippen LogP contribution in [0.25, 0.3) is 0 Å². The summed E-state index contributed by atoms with van der Waals surface area (Å²) in [5, 5.41) is 27.6. The summed E-state index contributed by atoms with van der Waals surface area (Å²) in [5.41, 5.74) is 0. The van der Waals surface area contributed by atoms with Gasteiger partial charge in [0, 0.05) is 0 Å². The van der Waals surface area contributed by atoms with Crippen molar-refractivity contribution in [2.75, 3.05) is 6.61 Å². The largest absolute Gasteiger partial charge is 0.394 e. The molecule has 2 fully saturated rings. The minimum absolute atomic E-state index is 0.722. The number of ether oxygens (including phenoxy) is 3. The Bertz CT molecular complexity index is 281. The van der Waals surface area contributed by atoms with Gasteiger partial charge in [0.2, 0.25) is 0 Å². The van der Waals surface area contributed by atoms with Crippen LogP contribution in [0.4, 0.5) is 4.39 Å². The third kappa shape index (κ3) is 1.73. The molecule has 0 bridgehead atoms. The van der Waals surface area contributed by atoms with Crippen molar-refractivity contribution in [3.05, 3.63) is 0 Å².